The number of hydrogen-bond acceptors (Lipinski definition) is 5. The minimum atomic E-state index is -0.278. The van der Waals surface area contributed by atoms with E-state index >= 15 is 0 Å². The first-order valence-corrected chi connectivity index (χ1v) is 8.56. The van der Waals surface area contributed by atoms with E-state index in [2.05, 4.69) is 15.4 Å². The van der Waals surface area contributed by atoms with Crippen molar-refractivity contribution in [3.63, 3.8) is 0 Å². The molecule has 1 N–H and O–H groups in total. The Bertz CT molecular complexity index is 1130. The van der Waals surface area contributed by atoms with E-state index in [0.29, 0.717) is 12.1 Å². The average molecular weight is 353 g/mol. The Hall–Kier alpha value is -3.00. The maximum Gasteiger partial charge on any atom is 0.291 e. The van der Waals surface area contributed by atoms with Crippen molar-refractivity contribution >= 4 is 33.0 Å². The van der Waals surface area contributed by atoms with Crippen molar-refractivity contribution in [3.8, 4) is 0 Å². The molecular formula is C17H15N5O2S. The second kappa shape index (κ2) is 6.14. The highest BCUT2D eigenvalue weighted by molar-refractivity contribution is 7.19. The van der Waals surface area contributed by atoms with Crippen LogP contribution in [0.25, 0.3) is 15.7 Å². The molecule has 0 unspecified atom stereocenters. The predicted octanol–water partition coefficient (Wildman–Crippen LogP) is 1.73. The lowest BCUT2D eigenvalue weighted by atomic mass is 10.3. The number of hydrogen-bond donors (Lipinski definition) is 1. The third kappa shape index (κ3) is 2.91. The average Bonchev–Trinajstić information content (AvgIpc) is 3.13. The van der Waals surface area contributed by atoms with E-state index in [1.54, 1.807) is 34.5 Å². The molecule has 0 spiro atoms. The summed E-state index contributed by atoms with van der Waals surface area (Å²) in [6, 6.07) is 7.56. The number of thiophene rings is 1. The summed E-state index contributed by atoms with van der Waals surface area (Å²) >= 11 is 1.63. The van der Waals surface area contributed by atoms with Gasteiger partial charge in [0, 0.05) is 23.8 Å². The van der Waals surface area contributed by atoms with Gasteiger partial charge in [0.2, 0.25) is 5.91 Å². The number of pyridine rings is 1. The van der Waals surface area contributed by atoms with E-state index in [-0.39, 0.29) is 18.0 Å². The lowest BCUT2D eigenvalue weighted by Crippen LogP contribution is -2.33. The van der Waals surface area contributed by atoms with Gasteiger partial charge in [0.25, 0.3) is 5.56 Å². The Morgan fingerprint density at radius 3 is 3.00 bits per heavy atom. The maximum absolute atomic E-state index is 12.6. The van der Waals surface area contributed by atoms with Gasteiger partial charge in [-0.3, -0.25) is 19.0 Å². The van der Waals surface area contributed by atoms with Crippen LogP contribution < -0.4 is 10.9 Å². The van der Waals surface area contributed by atoms with Crippen LogP contribution in [0.1, 0.15) is 10.4 Å². The number of rotatable bonds is 4. The molecule has 0 saturated heterocycles. The first-order chi connectivity index (χ1) is 12.1. The molecular weight excluding hydrogens is 338 g/mol. The number of aromatic nitrogens is 4. The second-order valence-corrected chi connectivity index (χ2v) is 7.03. The van der Waals surface area contributed by atoms with Crippen molar-refractivity contribution in [1.29, 1.82) is 0 Å². The van der Waals surface area contributed by atoms with Crippen molar-refractivity contribution in [2.75, 3.05) is 0 Å². The lowest BCUT2D eigenvalue weighted by Gasteiger charge is -2.07. The van der Waals surface area contributed by atoms with Crippen LogP contribution in [0.2, 0.25) is 0 Å². The molecule has 0 aliphatic carbocycles. The van der Waals surface area contributed by atoms with Crippen LogP contribution in [-0.4, -0.2) is 25.1 Å². The lowest BCUT2D eigenvalue weighted by molar-refractivity contribution is -0.122. The molecule has 0 fully saturated rings. The zero-order chi connectivity index (χ0) is 17.4. The Kier molecular flexibility index (Phi) is 3.81. The highest BCUT2D eigenvalue weighted by atomic mass is 32.1. The molecule has 1 amide bonds. The molecule has 4 heterocycles. The molecule has 4 rings (SSSR count). The fourth-order valence-electron chi connectivity index (χ4n) is 2.73. The fraction of sp³-hybridized carbons (Fsp3) is 0.176. The van der Waals surface area contributed by atoms with E-state index in [9.17, 15) is 9.59 Å². The summed E-state index contributed by atoms with van der Waals surface area (Å²) in [5, 5.41) is 6.90. The monoisotopic (exact) mass is 353 g/mol. The van der Waals surface area contributed by atoms with Crippen molar-refractivity contribution in [2.45, 2.75) is 20.0 Å². The highest BCUT2D eigenvalue weighted by Gasteiger charge is 2.12. The Balaban J connectivity index is 1.56. The van der Waals surface area contributed by atoms with Gasteiger partial charge in [-0.2, -0.15) is 5.10 Å². The normalized spacial score (nSPS) is 11.2. The molecule has 7 nitrogen and oxygen atoms in total. The molecule has 0 aliphatic rings. The van der Waals surface area contributed by atoms with Gasteiger partial charge < -0.3 is 5.32 Å². The summed E-state index contributed by atoms with van der Waals surface area (Å²) in [4.78, 5) is 29.9. The summed E-state index contributed by atoms with van der Waals surface area (Å²) in [5.41, 5.74) is 2.11. The van der Waals surface area contributed by atoms with E-state index < -0.39 is 0 Å². The first-order valence-electron chi connectivity index (χ1n) is 7.75. The number of nitrogens with zero attached hydrogens (tertiary/aromatic N) is 4. The van der Waals surface area contributed by atoms with Crippen molar-refractivity contribution in [3.05, 3.63) is 63.8 Å². The van der Waals surface area contributed by atoms with Crippen LogP contribution in [0.3, 0.4) is 0 Å². The molecule has 0 aromatic carbocycles. The van der Waals surface area contributed by atoms with E-state index in [1.807, 2.05) is 31.2 Å². The number of fused-ring (bicyclic) bond motifs is 3. The van der Waals surface area contributed by atoms with Gasteiger partial charge >= 0.3 is 0 Å². The van der Waals surface area contributed by atoms with E-state index in [4.69, 9.17) is 0 Å². The van der Waals surface area contributed by atoms with Crippen LogP contribution in [0.15, 0.2) is 47.8 Å². The molecule has 0 bridgehead atoms. The fourth-order valence-corrected chi connectivity index (χ4v) is 3.68. The second-order valence-electron chi connectivity index (χ2n) is 5.74. The quantitative estimate of drug-likeness (QED) is 0.606. The van der Waals surface area contributed by atoms with Gasteiger partial charge in [0.15, 0.2) is 0 Å². The van der Waals surface area contributed by atoms with Gasteiger partial charge in [-0.25, -0.2) is 4.68 Å². The maximum atomic E-state index is 12.6. The zero-order valence-electron chi connectivity index (χ0n) is 13.5. The van der Waals surface area contributed by atoms with Gasteiger partial charge in [0.05, 0.1) is 10.2 Å². The first kappa shape index (κ1) is 15.5. The smallest absolute Gasteiger partial charge is 0.291 e. The molecule has 4 aromatic rings. The van der Waals surface area contributed by atoms with Crippen LogP contribution in [0.4, 0.5) is 0 Å². The molecule has 4 aromatic heterocycles. The third-order valence-corrected chi connectivity index (χ3v) is 4.90. The SMILES string of the molecule is Cc1cc2c(cc3c(=O)n(CC(=O)NCc4cccnc4)ncn32)s1. The summed E-state index contributed by atoms with van der Waals surface area (Å²) < 4.78 is 3.99. The van der Waals surface area contributed by atoms with Crippen LogP contribution in [0, 0.1) is 6.92 Å². The van der Waals surface area contributed by atoms with Crippen molar-refractivity contribution in [1.82, 2.24) is 24.5 Å². The van der Waals surface area contributed by atoms with E-state index in [1.165, 1.54) is 9.56 Å². The number of amides is 1. The van der Waals surface area contributed by atoms with Gasteiger partial charge in [-0.1, -0.05) is 6.07 Å². The van der Waals surface area contributed by atoms with Crippen molar-refractivity contribution in [2.24, 2.45) is 0 Å². The minimum Gasteiger partial charge on any atom is -0.350 e. The van der Waals surface area contributed by atoms with Crippen LogP contribution in [0.5, 0.6) is 0 Å². The topological polar surface area (TPSA) is 81.3 Å². The third-order valence-electron chi connectivity index (χ3n) is 3.92. The Morgan fingerprint density at radius 1 is 1.32 bits per heavy atom. The Labute approximate surface area is 146 Å². The van der Waals surface area contributed by atoms with Gasteiger partial charge in [-0.15, -0.1) is 11.3 Å². The summed E-state index contributed by atoms with van der Waals surface area (Å²) in [6.07, 6.45) is 4.94. The minimum absolute atomic E-state index is 0.118. The molecule has 0 saturated carbocycles. The predicted molar refractivity (Wildman–Crippen MR) is 95.7 cm³/mol. The van der Waals surface area contributed by atoms with Crippen LogP contribution >= 0.6 is 11.3 Å². The van der Waals surface area contributed by atoms with Crippen molar-refractivity contribution < 1.29 is 4.79 Å². The largest absolute Gasteiger partial charge is 0.350 e. The molecule has 8 heteroatoms. The Morgan fingerprint density at radius 2 is 2.20 bits per heavy atom. The highest BCUT2D eigenvalue weighted by Crippen LogP contribution is 2.26. The number of carbonyl (C=O) groups is 1. The molecule has 0 atom stereocenters. The molecule has 0 radical (unpaired) electrons. The molecule has 126 valence electrons. The standard InChI is InChI=1S/C17H15N5O2S/c1-11-5-13-15(25-11)6-14-17(24)22(20-10-21(13)14)9-16(23)19-8-12-3-2-4-18-7-12/h2-7,10H,8-9H2,1H3,(H,19,23). The number of nitrogens with one attached hydrogen (secondary N) is 1. The summed E-state index contributed by atoms with van der Waals surface area (Å²) in [6.45, 7) is 2.27. The zero-order valence-corrected chi connectivity index (χ0v) is 14.3. The summed E-state index contributed by atoms with van der Waals surface area (Å²) in [5.74, 6) is -0.271. The number of carbonyl (C=O) groups excluding carboxylic acids is 1. The van der Waals surface area contributed by atoms with Gasteiger partial charge in [-0.05, 0) is 30.7 Å². The summed E-state index contributed by atoms with van der Waals surface area (Å²) in [7, 11) is 0. The van der Waals surface area contributed by atoms with E-state index in [0.717, 1.165) is 15.8 Å². The molecule has 25 heavy (non-hydrogen) atoms. The number of aryl methyl sites for hydroxylation is 1. The molecule has 0 aliphatic heterocycles. The van der Waals surface area contributed by atoms with Crippen LogP contribution in [-0.2, 0) is 17.9 Å². The van der Waals surface area contributed by atoms with Gasteiger partial charge in [0.1, 0.15) is 18.4 Å².